The molecule has 1 amide bonds. The number of amides is 1. The van der Waals surface area contributed by atoms with E-state index in [1.165, 1.54) is 23.0 Å². The predicted molar refractivity (Wildman–Crippen MR) is 104 cm³/mol. The van der Waals surface area contributed by atoms with Crippen molar-refractivity contribution >= 4 is 40.2 Å². The Bertz CT molecular complexity index is 964. The van der Waals surface area contributed by atoms with Gasteiger partial charge >= 0.3 is 0 Å². The third kappa shape index (κ3) is 3.21. The topological polar surface area (TPSA) is 66.8 Å². The molecule has 0 bridgehead atoms. The van der Waals surface area contributed by atoms with Crippen LogP contribution >= 0.6 is 23.4 Å². The van der Waals surface area contributed by atoms with Gasteiger partial charge in [-0.15, -0.1) is 10.2 Å². The number of hydrogen-bond acceptors (Lipinski definition) is 4. The summed E-state index contributed by atoms with van der Waals surface area (Å²) in [7, 11) is 0. The third-order valence-electron chi connectivity index (χ3n) is 4.71. The zero-order chi connectivity index (χ0) is 18.3. The number of carbonyl (C=O) groups excluding carboxylic acids is 1. The molecular weight excluding hydrogens is 370 g/mol. The number of nitrogens with zero attached hydrogens (tertiary/aromatic N) is 4. The molecule has 2 aromatic heterocycles. The number of aromatic nitrogens is 4. The van der Waals surface area contributed by atoms with Crippen molar-refractivity contribution in [1.82, 2.24) is 24.6 Å². The van der Waals surface area contributed by atoms with Crippen LogP contribution in [0.1, 0.15) is 31.1 Å². The SMILES string of the molecule is CC(C)n1cnnc1SCC(=O)N1CCc2[nH]c3ccc(Cl)cc3c2C1. The van der Waals surface area contributed by atoms with Gasteiger partial charge in [-0.05, 0) is 32.0 Å². The lowest BCUT2D eigenvalue weighted by molar-refractivity contribution is -0.129. The summed E-state index contributed by atoms with van der Waals surface area (Å²) < 4.78 is 1.98. The number of rotatable bonds is 4. The molecule has 26 heavy (non-hydrogen) atoms. The molecule has 4 rings (SSSR count). The molecule has 3 aromatic rings. The number of fused-ring (bicyclic) bond motifs is 3. The van der Waals surface area contributed by atoms with Crippen molar-refractivity contribution in [2.75, 3.05) is 12.3 Å². The number of thioether (sulfide) groups is 1. The van der Waals surface area contributed by atoms with Crippen LogP contribution in [0.15, 0.2) is 29.7 Å². The highest BCUT2D eigenvalue weighted by atomic mass is 35.5. The van der Waals surface area contributed by atoms with E-state index in [2.05, 4.69) is 29.0 Å². The Balaban J connectivity index is 1.48. The van der Waals surface area contributed by atoms with Crippen molar-refractivity contribution in [3.8, 4) is 0 Å². The van der Waals surface area contributed by atoms with Gasteiger partial charge in [0.15, 0.2) is 5.16 Å². The Hall–Kier alpha value is -1.99. The average Bonchev–Trinajstić information content (AvgIpc) is 3.23. The van der Waals surface area contributed by atoms with Gasteiger partial charge in [0.1, 0.15) is 6.33 Å². The molecule has 0 atom stereocenters. The molecule has 0 saturated carbocycles. The fourth-order valence-electron chi connectivity index (χ4n) is 3.31. The molecule has 0 spiro atoms. The van der Waals surface area contributed by atoms with Crippen molar-refractivity contribution in [3.63, 3.8) is 0 Å². The van der Waals surface area contributed by atoms with Crippen LogP contribution in [-0.4, -0.2) is 42.9 Å². The summed E-state index contributed by atoms with van der Waals surface area (Å²) in [5.41, 5.74) is 3.46. The highest BCUT2D eigenvalue weighted by Crippen LogP contribution is 2.30. The van der Waals surface area contributed by atoms with Crippen molar-refractivity contribution in [2.24, 2.45) is 0 Å². The van der Waals surface area contributed by atoms with Gasteiger partial charge in [0.2, 0.25) is 5.91 Å². The fourth-order valence-corrected chi connectivity index (χ4v) is 4.43. The maximum absolute atomic E-state index is 12.7. The van der Waals surface area contributed by atoms with Gasteiger partial charge < -0.3 is 14.5 Å². The lowest BCUT2D eigenvalue weighted by Gasteiger charge is -2.27. The second-order valence-electron chi connectivity index (χ2n) is 6.74. The molecule has 0 saturated heterocycles. The number of aromatic amines is 1. The van der Waals surface area contributed by atoms with Crippen LogP contribution in [-0.2, 0) is 17.8 Å². The predicted octanol–water partition coefficient (Wildman–Crippen LogP) is 3.67. The van der Waals surface area contributed by atoms with Crippen LogP contribution < -0.4 is 0 Å². The summed E-state index contributed by atoms with van der Waals surface area (Å²) in [6.07, 6.45) is 2.54. The number of benzene rings is 1. The summed E-state index contributed by atoms with van der Waals surface area (Å²) in [5.74, 6) is 0.486. The van der Waals surface area contributed by atoms with Crippen molar-refractivity contribution in [2.45, 2.75) is 38.0 Å². The molecule has 0 aliphatic carbocycles. The average molecular weight is 390 g/mol. The van der Waals surface area contributed by atoms with Crippen LogP contribution in [0, 0.1) is 0 Å². The van der Waals surface area contributed by atoms with Crippen molar-refractivity contribution in [3.05, 3.63) is 40.8 Å². The third-order valence-corrected chi connectivity index (χ3v) is 5.89. The Morgan fingerprint density at radius 2 is 2.27 bits per heavy atom. The van der Waals surface area contributed by atoms with Crippen LogP contribution in [0.2, 0.25) is 5.02 Å². The Kier molecular flexibility index (Phi) is 4.67. The first kappa shape index (κ1) is 17.4. The molecule has 136 valence electrons. The van der Waals surface area contributed by atoms with E-state index in [0.717, 1.165) is 29.0 Å². The summed E-state index contributed by atoms with van der Waals surface area (Å²) in [6.45, 7) is 5.49. The lowest BCUT2D eigenvalue weighted by Crippen LogP contribution is -2.37. The van der Waals surface area contributed by atoms with E-state index in [-0.39, 0.29) is 11.9 Å². The zero-order valence-electron chi connectivity index (χ0n) is 14.7. The van der Waals surface area contributed by atoms with E-state index in [1.807, 2.05) is 27.7 Å². The van der Waals surface area contributed by atoms with Crippen LogP contribution in [0.5, 0.6) is 0 Å². The minimum atomic E-state index is 0.121. The van der Waals surface area contributed by atoms with Gasteiger partial charge in [-0.2, -0.15) is 0 Å². The number of H-pyrrole nitrogens is 1. The summed E-state index contributed by atoms with van der Waals surface area (Å²) in [6, 6.07) is 6.13. The molecule has 1 aliphatic rings. The fraction of sp³-hybridized carbons (Fsp3) is 0.389. The standard InChI is InChI=1S/C18H20ClN5OS/c1-11(2)24-10-20-22-18(24)26-9-17(25)23-6-5-16-14(8-23)13-7-12(19)3-4-15(13)21-16/h3-4,7,10-11,21H,5-6,8-9H2,1-2H3. The molecule has 0 unspecified atom stereocenters. The molecule has 0 fully saturated rings. The second kappa shape index (κ2) is 6.96. The number of carbonyl (C=O) groups is 1. The molecule has 1 aliphatic heterocycles. The maximum atomic E-state index is 12.7. The van der Waals surface area contributed by atoms with Crippen LogP contribution in [0.3, 0.4) is 0 Å². The summed E-state index contributed by atoms with van der Waals surface area (Å²) >= 11 is 7.59. The van der Waals surface area contributed by atoms with E-state index in [1.54, 1.807) is 6.33 Å². The van der Waals surface area contributed by atoms with Gasteiger partial charge in [-0.1, -0.05) is 23.4 Å². The first-order valence-electron chi connectivity index (χ1n) is 8.62. The Morgan fingerprint density at radius 1 is 1.42 bits per heavy atom. The van der Waals surface area contributed by atoms with E-state index < -0.39 is 0 Å². The summed E-state index contributed by atoms with van der Waals surface area (Å²) in [5, 5.41) is 10.7. The molecule has 1 aromatic carbocycles. The van der Waals surface area contributed by atoms with E-state index in [9.17, 15) is 4.79 Å². The first-order valence-corrected chi connectivity index (χ1v) is 9.98. The van der Waals surface area contributed by atoms with E-state index in [0.29, 0.717) is 17.3 Å². The molecule has 8 heteroatoms. The van der Waals surface area contributed by atoms with Gasteiger partial charge in [-0.3, -0.25) is 4.79 Å². The smallest absolute Gasteiger partial charge is 0.233 e. The van der Waals surface area contributed by atoms with Crippen LogP contribution in [0.4, 0.5) is 0 Å². The largest absolute Gasteiger partial charge is 0.358 e. The zero-order valence-corrected chi connectivity index (χ0v) is 16.3. The Labute approximate surface area is 160 Å². The normalized spacial score (nSPS) is 14.2. The van der Waals surface area contributed by atoms with E-state index in [4.69, 9.17) is 11.6 Å². The monoisotopic (exact) mass is 389 g/mol. The number of nitrogens with one attached hydrogen (secondary N) is 1. The molecular formula is C18H20ClN5OS. The minimum Gasteiger partial charge on any atom is -0.358 e. The highest BCUT2D eigenvalue weighted by molar-refractivity contribution is 7.99. The maximum Gasteiger partial charge on any atom is 0.233 e. The molecule has 1 N–H and O–H groups in total. The van der Waals surface area contributed by atoms with Gasteiger partial charge in [0, 0.05) is 52.7 Å². The number of halogens is 1. The first-order chi connectivity index (χ1) is 12.5. The number of hydrogen-bond donors (Lipinski definition) is 1. The van der Waals surface area contributed by atoms with Crippen molar-refractivity contribution < 1.29 is 4.79 Å². The summed E-state index contributed by atoms with van der Waals surface area (Å²) in [4.78, 5) is 18.1. The Morgan fingerprint density at radius 3 is 3.08 bits per heavy atom. The van der Waals surface area contributed by atoms with E-state index >= 15 is 0 Å². The highest BCUT2D eigenvalue weighted by Gasteiger charge is 2.24. The van der Waals surface area contributed by atoms with Gasteiger partial charge in [0.05, 0.1) is 5.75 Å². The second-order valence-corrected chi connectivity index (χ2v) is 8.12. The lowest BCUT2D eigenvalue weighted by atomic mass is 10.0. The van der Waals surface area contributed by atoms with Gasteiger partial charge in [0.25, 0.3) is 0 Å². The molecule has 6 nitrogen and oxygen atoms in total. The molecule has 3 heterocycles. The van der Waals surface area contributed by atoms with Crippen molar-refractivity contribution in [1.29, 1.82) is 0 Å². The van der Waals surface area contributed by atoms with Crippen LogP contribution in [0.25, 0.3) is 10.9 Å². The molecule has 0 radical (unpaired) electrons. The van der Waals surface area contributed by atoms with Gasteiger partial charge in [-0.25, -0.2) is 0 Å². The quantitative estimate of drug-likeness (QED) is 0.691. The minimum absolute atomic E-state index is 0.121.